The van der Waals surface area contributed by atoms with Crippen molar-refractivity contribution < 1.29 is 14.3 Å². The molecule has 1 saturated heterocycles. The van der Waals surface area contributed by atoms with Crippen molar-refractivity contribution in [3.05, 3.63) is 29.3 Å². The predicted octanol–water partition coefficient (Wildman–Crippen LogP) is 3.29. The van der Waals surface area contributed by atoms with E-state index in [1.54, 1.807) is 31.2 Å². The summed E-state index contributed by atoms with van der Waals surface area (Å²) in [5, 5.41) is 3.22. The van der Waals surface area contributed by atoms with E-state index >= 15 is 0 Å². The van der Waals surface area contributed by atoms with Gasteiger partial charge in [0.1, 0.15) is 6.04 Å². The summed E-state index contributed by atoms with van der Waals surface area (Å²) in [5.41, 5.74) is 0.539. The molecule has 5 nitrogen and oxygen atoms in total. The van der Waals surface area contributed by atoms with E-state index in [0.717, 1.165) is 12.8 Å². The Hall–Kier alpha value is -1.75. The maximum atomic E-state index is 12.4. The van der Waals surface area contributed by atoms with Gasteiger partial charge in [-0.05, 0) is 38.3 Å². The third-order valence-corrected chi connectivity index (χ3v) is 3.77. The van der Waals surface area contributed by atoms with Gasteiger partial charge in [0, 0.05) is 6.54 Å². The second-order valence-corrected chi connectivity index (χ2v) is 5.27. The fraction of sp³-hybridized carbons (Fsp3) is 0.467. The van der Waals surface area contributed by atoms with E-state index in [0.29, 0.717) is 30.3 Å². The monoisotopic (exact) mass is 310 g/mol. The van der Waals surface area contributed by atoms with Crippen LogP contribution in [0, 0.1) is 0 Å². The topological polar surface area (TPSA) is 58.6 Å². The predicted molar refractivity (Wildman–Crippen MR) is 81.4 cm³/mol. The first kappa shape index (κ1) is 15.6. The van der Waals surface area contributed by atoms with Gasteiger partial charge in [-0.1, -0.05) is 23.7 Å². The number of hydrogen-bond acceptors (Lipinski definition) is 3. The summed E-state index contributed by atoms with van der Waals surface area (Å²) in [5.74, 6) is -0.341. The number of nitrogens with one attached hydrogen (secondary N) is 1. The Morgan fingerprint density at radius 3 is 2.86 bits per heavy atom. The van der Waals surface area contributed by atoms with E-state index in [2.05, 4.69) is 5.32 Å². The summed E-state index contributed by atoms with van der Waals surface area (Å²) in [6.07, 6.45) is 2.43. The van der Waals surface area contributed by atoms with E-state index in [9.17, 15) is 9.59 Å². The lowest BCUT2D eigenvalue weighted by molar-refractivity contribution is -0.149. The summed E-state index contributed by atoms with van der Waals surface area (Å²) in [6.45, 7) is 2.62. The van der Waals surface area contributed by atoms with Gasteiger partial charge >= 0.3 is 12.0 Å². The smallest absolute Gasteiger partial charge is 0.328 e. The van der Waals surface area contributed by atoms with Gasteiger partial charge in [-0.15, -0.1) is 0 Å². The molecule has 0 aliphatic carbocycles. The molecule has 2 rings (SSSR count). The lowest BCUT2D eigenvalue weighted by Gasteiger charge is -2.34. The maximum absolute atomic E-state index is 12.4. The number of halogens is 1. The van der Waals surface area contributed by atoms with Crippen molar-refractivity contribution in [3.8, 4) is 0 Å². The molecule has 1 N–H and O–H groups in total. The number of hydrogen-bond donors (Lipinski definition) is 1. The highest BCUT2D eigenvalue weighted by Crippen LogP contribution is 2.23. The number of amides is 2. The highest BCUT2D eigenvalue weighted by molar-refractivity contribution is 6.33. The zero-order valence-electron chi connectivity index (χ0n) is 12.0. The summed E-state index contributed by atoms with van der Waals surface area (Å²) < 4.78 is 5.05. The molecule has 0 radical (unpaired) electrons. The lowest BCUT2D eigenvalue weighted by atomic mass is 10.0. The normalized spacial score (nSPS) is 18.2. The first-order valence-electron chi connectivity index (χ1n) is 7.12. The molecular formula is C15H19ClN2O3. The molecule has 1 aromatic carbocycles. The number of rotatable bonds is 3. The fourth-order valence-electron chi connectivity index (χ4n) is 2.41. The molecule has 1 aliphatic rings. The minimum Gasteiger partial charge on any atom is -0.464 e. The van der Waals surface area contributed by atoms with Crippen LogP contribution in [-0.2, 0) is 9.53 Å². The fourth-order valence-corrected chi connectivity index (χ4v) is 2.59. The molecule has 0 spiro atoms. The van der Waals surface area contributed by atoms with E-state index in [1.165, 1.54) is 4.90 Å². The minimum atomic E-state index is -0.513. The molecule has 0 saturated carbocycles. The Kier molecular flexibility index (Phi) is 5.44. The van der Waals surface area contributed by atoms with Crippen LogP contribution in [0.3, 0.4) is 0 Å². The SMILES string of the molecule is CCOC(=O)C1CCCCN1C(=O)Nc1ccccc1Cl. The Morgan fingerprint density at radius 2 is 2.14 bits per heavy atom. The van der Waals surface area contributed by atoms with Crippen LogP contribution >= 0.6 is 11.6 Å². The maximum Gasteiger partial charge on any atom is 0.328 e. The summed E-state index contributed by atoms with van der Waals surface area (Å²) in [6, 6.07) is 6.18. The number of likely N-dealkylation sites (tertiary alicyclic amines) is 1. The molecule has 1 heterocycles. The molecule has 1 fully saturated rings. The number of piperidine rings is 1. The van der Waals surface area contributed by atoms with E-state index in [1.807, 2.05) is 0 Å². The van der Waals surface area contributed by atoms with Crippen molar-refractivity contribution in [2.24, 2.45) is 0 Å². The molecule has 2 amide bonds. The van der Waals surface area contributed by atoms with Crippen LogP contribution < -0.4 is 5.32 Å². The van der Waals surface area contributed by atoms with Crippen LogP contribution in [0.25, 0.3) is 0 Å². The van der Waals surface area contributed by atoms with Gasteiger partial charge in [0.25, 0.3) is 0 Å². The Balaban J connectivity index is 2.08. The first-order chi connectivity index (χ1) is 10.1. The lowest BCUT2D eigenvalue weighted by Crippen LogP contribution is -2.50. The quantitative estimate of drug-likeness (QED) is 0.872. The Labute approximate surface area is 129 Å². The van der Waals surface area contributed by atoms with E-state index < -0.39 is 6.04 Å². The van der Waals surface area contributed by atoms with Crippen LogP contribution in [0.2, 0.25) is 5.02 Å². The number of nitrogens with zero attached hydrogens (tertiary/aromatic N) is 1. The Bertz CT molecular complexity index is 521. The average Bonchev–Trinajstić information content (AvgIpc) is 2.50. The zero-order chi connectivity index (χ0) is 15.2. The number of urea groups is 1. The molecule has 0 bridgehead atoms. The highest BCUT2D eigenvalue weighted by Gasteiger charge is 2.33. The van der Waals surface area contributed by atoms with E-state index in [4.69, 9.17) is 16.3 Å². The number of para-hydroxylation sites is 1. The van der Waals surface area contributed by atoms with Gasteiger partial charge < -0.3 is 15.0 Å². The van der Waals surface area contributed by atoms with Gasteiger partial charge in [0.2, 0.25) is 0 Å². The van der Waals surface area contributed by atoms with Crippen molar-refractivity contribution in [1.29, 1.82) is 0 Å². The van der Waals surface area contributed by atoms with Gasteiger partial charge in [0.15, 0.2) is 0 Å². The molecule has 6 heteroatoms. The van der Waals surface area contributed by atoms with E-state index in [-0.39, 0.29) is 12.0 Å². The van der Waals surface area contributed by atoms with Crippen LogP contribution in [0.1, 0.15) is 26.2 Å². The number of esters is 1. The van der Waals surface area contributed by atoms with Gasteiger partial charge in [-0.2, -0.15) is 0 Å². The molecule has 114 valence electrons. The zero-order valence-corrected chi connectivity index (χ0v) is 12.7. The van der Waals surface area contributed by atoms with Crippen LogP contribution in [0.15, 0.2) is 24.3 Å². The summed E-state index contributed by atoms with van der Waals surface area (Å²) in [4.78, 5) is 25.9. The molecule has 1 unspecified atom stereocenters. The molecule has 1 aromatic rings. The average molecular weight is 311 g/mol. The third kappa shape index (κ3) is 3.88. The van der Waals surface area contributed by atoms with Crippen LogP contribution in [0.4, 0.5) is 10.5 Å². The molecule has 0 aromatic heterocycles. The van der Waals surface area contributed by atoms with Gasteiger partial charge in [0.05, 0.1) is 17.3 Å². The number of carbonyl (C=O) groups is 2. The molecule has 1 aliphatic heterocycles. The second kappa shape index (κ2) is 7.31. The number of anilines is 1. The summed E-state index contributed by atoms with van der Waals surface area (Å²) >= 11 is 6.03. The highest BCUT2D eigenvalue weighted by atomic mass is 35.5. The molecular weight excluding hydrogens is 292 g/mol. The van der Waals surface area contributed by atoms with Crippen molar-refractivity contribution in [2.75, 3.05) is 18.5 Å². The molecule has 21 heavy (non-hydrogen) atoms. The van der Waals surface area contributed by atoms with Crippen molar-refractivity contribution in [2.45, 2.75) is 32.2 Å². The first-order valence-corrected chi connectivity index (χ1v) is 7.50. The number of carbonyl (C=O) groups excluding carboxylic acids is 2. The van der Waals surface area contributed by atoms with Crippen LogP contribution in [-0.4, -0.2) is 36.1 Å². The summed E-state index contributed by atoms with van der Waals surface area (Å²) in [7, 11) is 0. The van der Waals surface area contributed by atoms with Gasteiger partial charge in [-0.3, -0.25) is 0 Å². The molecule has 1 atom stereocenters. The van der Waals surface area contributed by atoms with Crippen LogP contribution in [0.5, 0.6) is 0 Å². The third-order valence-electron chi connectivity index (χ3n) is 3.44. The minimum absolute atomic E-state index is 0.315. The Morgan fingerprint density at radius 1 is 1.38 bits per heavy atom. The number of benzene rings is 1. The number of ether oxygens (including phenoxy) is 1. The van der Waals surface area contributed by atoms with Gasteiger partial charge in [-0.25, -0.2) is 9.59 Å². The standard InChI is InChI=1S/C15H19ClN2O3/c1-2-21-14(19)13-9-5-6-10-18(13)15(20)17-12-8-4-3-7-11(12)16/h3-4,7-8,13H,2,5-6,9-10H2,1H3,(H,17,20). The van der Waals surface area contributed by atoms with Crippen molar-refractivity contribution >= 4 is 29.3 Å². The largest absolute Gasteiger partial charge is 0.464 e. The second-order valence-electron chi connectivity index (χ2n) is 4.87. The van der Waals surface area contributed by atoms with Crippen molar-refractivity contribution in [1.82, 2.24) is 4.90 Å². The van der Waals surface area contributed by atoms with Crippen molar-refractivity contribution in [3.63, 3.8) is 0 Å².